The van der Waals surface area contributed by atoms with E-state index in [-0.39, 0.29) is 17.7 Å². The molecule has 1 fully saturated rings. The van der Waals surface area contributed by atoms with Gasteiger partial charge in [0.15, 0.2) is 5.78 Å². The van der Waals surface area contributed by atoms with Crippen LogP contribution in [0, 0.1) is 5.92 Å². The van der Waals surface area contributed by atoms with E-state index >= 15 is 0 Å². The Morgan fingerprint density at radius 1 is 1.16 bits per heavy atom. The zero-order chi connectivity index (χ0) is 22.2. The van der Waals surface area contributed by atoms with E-state index in [1.54, 1.807) is 6.20 Å². The van der Waals surface area contributed by atoms with Crippen LogP contribution >= 0.6 is 0 Å². The molecule has 0 radical (unpaired) electrons. The van der Waals surface area contributed by atoms with Crippen LogP contribution < -0.4 is 5.32 Å². The monoisotopic (exact) mass is 433 g/mol. The highest BCUT2D eigenvalue weighted by Crippen LogP contribution is 2.40. The quantitative estimate of drug-likeness (QED) is 0.570. The van der Waals surface area contributed by atoms with E-state index in [1.807, 2.05) is 4.68 Å². The van der Waals surface area contributed by atoms with Gasteiger partial charge in [-0.15, -0.1) is 0 Å². The molecule has 1 N–H and O–H groups in total. The molecule has 4 nitrogen and oxygen atoms in total. The molecule has 31 heavy (non-hydrogen) atoms. The number of fused-ring (bicyclic) bond motifs is 1. The van der Waals surface area contributed by atoms with Crippen molar-refractivity contribution in [3.63, 3.8) is 0 Å². The van der Waals surface area contributed by atoms with Crippen LogP contribution in [0.2, 0.25) is 0 Å². The van der Waals surface area contributed by atoms with Gasteiger partial charge in [0.25, 0.3) is 0 Å². The molecule has 1 aliphatic carbocycles. The summed E-state index contributed by atoms with van der Waals surface area (Å²) in [6.45, 7) is 4.33. The van der Waals surface area contributed by atoms with Crippen LogP contribution in [-0.4, -0.2) is 21.6 Å². The maximum absolute atomic E-state index is 13.0. The molecule has 0 spiro atoms. The number of halogens is 3. The van der Waals surface area contributed by atoms with E-state index in [4.69, 9.17) is 0 Å². The number of ketones is 1. The Labute approximate surface area is 181 Å². The number of carbonyl (C=O) groups is 1. The van der Waals surface area contributed by atoms with E-state index < -0.39 is 11.7 Å². The van der Waals surface area contributed by atoms with Gasteiger partial charge in [-0.2, -0.15) is 18.3 Å². The summed E-state index contributed by atoms with van der Waals surface area (Å²) >= 11 is 0. The molecule has 0 bridgehead atoms. The standard InChI is InChI=1S/C24H30F3N3O/c1-23(2)14-20(17-6-4-3-5-7-17)29-22-19(15-28-30(22)23)21(31)13-10-16-8-11-18(12-9-16)24(25,26)27/h8-9,11-12,15,17,20,29H,3-7,10,13-14H2,1-2H3. The van der Waals surface area contributed by atoms with Crippen molar-refractivity contribution >= 4 is 11.6 Å². The summed E-state index contributed by atoms with van der Waals surface area (Å²) in [7, 11) is 0. The van der Waals surface area contributed by atoms with Gasteiger partial charge in [0.2, 0.25) is 0 Å². The highest BCUT2D eigenvalue weighted by molar-refractivity contribution is 6.00. The number of alkyl halides is 3. The van der Waals surface area contributed by atoms with Crippen LogP contribution in [-0.2, 0) is 18.1 Å². The molecule has 4 rings (SSSR count). The number of hydrogen-bond donors (Lipinski definition) is 1. The second kappa shape index (κ2) is 8.32. The van der Waals surface area contributed by atoms with Crippen LogP contribution in [0.4, 0.5) is 19.0 Å². The lowest BCUT2D eigenvalue weighted by atomic mass is 9.78. The highest BCUT2D eigenvalue weighted by atomic mass is 19.4. The minimum atomic E-state index is -4.35. The van der Waals surface area contributed by atoms with Gasteiger partial charge in [-0.3, -0.25) is 4.79 Å². The third kappa shape index (κ3) is 4.65. The smallest absolute Gasteiger partial charge is 0.367 e. The lowest BCUT2D eigenvalue weighted by Gasteiger charge is -2.42. The summed E-state index contributed by atoms with van der Waals surface area (Å²) in [5, 5.41) is 8.14. The Hall–Kier alpha value is -2.31. The Morgan fingerprint density at radius 3 is 2.48 bits per heavy atom. The molecule has 2 aliphatic rings. The summed E-state index contributed by atoms with van der Waals surface area (Å²) < 4.78 is 40.1. The van der Waals surface area contributed by atoms with Crippen LogP contribution in [0.3, 0.4) is 0 Å². The van der Waals surface area contributed by atoms with Crippen LogP contribution in [0.25, 0.3) is 0 Å². The number of aromatic nitrogens is 2. The number of Topliss-reactive ketones (excluding diaryl/α,β-unsaturated/α-hetero) is 1. The third-order valence-electron chi connectivity index (χ3n) is 6.83. The maximum Gasteiger partial charge on any atom is 0.416 e. The molecule has 1 unspecified atom stereocenters. The number of anilines is 1. The summed E-state index contributed by atoms with van der Waals surface area (Å²) in [5.74, 6) is 1.38. The van der Waals surface area contributed by atoms with Crippen molar-refractivity contribution in [2.75, 3.05) is 5.32 Å². The number of nitrogens with one attached hydrogen (secondary N) is 1. The van der Waals surface area contributed by atoms with Crippen molar-refractivity contribution < 1.29 is 18.0 Å². The molecule has 0 amide bonds. The Kier molecular flexibility index (Phi) is 5.88. The summed E-state index contributed by atoms with van der Waals surface area (Å²) in [6, 6.07) is 5.37. The number of carbonyl (C=O) groups excluding carboxylic acids is 1. The molecule has 0 saturated heterocycles. The van der Waals surface area contributed by atoms with E-state index in [9.17, 15) is 18.0 Å². The topological polar surface area (TPSA) is 46.9 Å². The predicted molar refractivity (Wildman–Crippen MR) is 114 cm³/mol. The second-order valence-electron chi connectivity index (χ2n) is 9.60. The van der Waals surface area contributed by atoms with E-state index in [0.717, 1.165) is 29.9 Å². The van der Waals surface area contributed by atoms with Gasteiger partial charge >= 0.3 is 6.18 Å². The molecule has 2 heterocycles. The fourth-order valence-electron chi connectivity index (χ4n) is 5.08. The van der Waals surface area contributed by atoms with Gasteiger partial charge in [0.05, 0.1) is 22.9 Å². The van der Waals surface area contributed by atoms with Gasteiger partial charge in [0, 0.05) is 12.5 Å². The molecule has 168 valence electrons. The number of rotatable bonds is 5. The van der Waals surface area contributed by atoms with Crippen molar-refractivity contribution in [1.82, 2.24) is 9.78 Å². The first-order valence-electron chi connectivity index (χ1n) is 11.2. The normalized spacial score (nSPS) is 21.4. The molecule has 1 aliphatic heterocycles. The fraction of sp³-hybridized carbons (Fsp3) is 0.583. The molecule has 7 heteroatoms. The first-order valence-corrected chi connectivity index (χ1v) is 11.2. The lowest BCUT2D eigenvalue weighted by molar-refractivity contribution is -0.137. The molecule has 1 aromatic heterocycles. The number of aryl methyl sites for hydroxylation is 1. The fourth-order valence-corrected chi connectivity index (χ4v) is 5.08. The maximum atomic E-state index is 13.0. The largest absolute Gasteiger partial charge is 0.416 e. The van der Waals surface area contributed by atoms with Gasteiger partial charge < -0.3 is 5.32 Å². The first kappa shape index (κ1) is 21.9. The molecule has 2 aromatic rings. The minimum Gasteiger partial charge on any atom is -0.367 e. The van der Waals surface area contributed by atoms with Gasteiger partial charge in [-0.05, 0) is 63.1 Å². The number of nitrogens with zero attached hydrogens (tertiary/aromatic N) is 2. The van der Waals surface area contributed by atoms with Crippen molar-refractivity contribution in [2.24, 2.45) is 5.92 Å². The average Bonchev–Trinajstić information content (AvgIpc) is 3.17. The zero-order valence-corrected chi connectivity index (χ0v) is 18.1. The summed E-state index contributed by atoms with van der Waals surface area (Å²) in [6.07, 6.45) is 5.18. The van der Waals surface area contributed by atoms with Crippen molar-refractivity contribution in [3.05, 3.63) is 47.2 Å². The SMILES string of the molecule is CC1(C)CC(C2CCCCC2)Nc2c(C(=O)CCc3ccc(C(F)(F)F)cc3)cnn21. The van der Waals surface area contributed by atoms with Crippen LogP contribution in [0.1, 0.15) is 80.3 Å². The van der Waals surface area contributed by atoms with Crippen molar-refractivity contribution in [2.45, 2.75) is 83.0 Å². The van der Waals surface area contributed by atoms with E-state index in [0.29, 0.717) is 23.9 Å². The molecule has 1 atom stereocenters. The van der Waals surface area contributed by atoms with Gasteiger partial charge in [-0.25, -0.2) is 4.68 Å². The van der Waals surface area contributed by atoms with Crippen molar-refractivity contribution in [1.29, 1.82) is 0 Å². The van der Waals surface area contributed by atoms with Crippen molar-refractivity contribution in [3.8, 4) is 0 Å². The first-order chi connectivity index (χ1) is 14.6. The molecular formula is C24H30F3N3O. The van der Waals surface area contributed by atoms with Gasteiger partial charge in [0.1, 0.15) is 5.82 Å². The predicted octanol–water partition coefficient (Wildman–Crippen LogP) is 6.22. The Morgan fingerprint density at radius 2 is 1.84 bits per heavy atom. The summed E-state index contributed by atoms with van der Waals surface area (Å²) in [5.41, 5.74) is 0.457. The Balaban J connectivity index is 1.47. The average molecular weight is 434 g/mol. The molecule has 1 saturated carbocycles. The van der Waals surface area contributed by atoms with Crippen LogP contribution in [0.5, 0.6) is 0 Å². The third-order valence-corrected chi connectivity index (χ3v) is 6.83. The zero-order valence-electron chi connectivity index (χ0n) is 18.1. The van der Waals surface area contributed by atoms with Crippen LogP contribution in [0.15, 0.2) is 30.5 Å². The van der Waals surface area contributed by atoms with E-state index in [2.05, 4.69) is 24.3 Å². The highest BCUT2D eigenvalue weighted by Gasteiger charge is 2.39. The number of hydrogen-bond acceptors (Lipinski definition) is 3. The molecule has 1 aromatic carbocycles. The number of benzene rings is 1. The second-order valence-corrected chi connectivity index (χ2v) is 9.60. The van der Waals surface area contributed by atoms with E-state index in [1.165, 1.54) is 44.2 Å². The Bertz CT molecular complexity index is 925. The minimum absolute atomic E-state index is 0.0336. The molecular weight excluding hydrogens is 403 g/mol. The summed E-state index contributed by atoms with van der Waals surface area (Å²) in [4.78, 5) is 13.0. The lowest BCUT2D eigenvalue weighted by Crippen LogP contribution is -2.45. The van der Waals surface area contributed by atoms with Gasteiger partial charge in [-0.1, -0.05) is 31.4 Å².